The highest BCUT2D eigenvalue weighted by molar-refractivity contribution is 5.98. The number of likely N-dealkylation sites (tertiary alicyclic amines) is 1. The summed E-state index contributed by atoms with van der Waals surface area (Å²) in [5.74, 6) is 0.436. The number of hydrogen-bond acceptors (Lipinski definition) is 3. The number of nitrogens with two attached hydrogens (primary N) is 1. The van der Waals surface area contributed by atoms with Gasteiger partial charge in [-0.1, -0.05) is 13.8 Å². The van der Waals surface area contributed by atoms with E-state index >= 15 is 0 Å². The van der Waals surface area contributed by atoms with Crippen LogP contribution in [0.5, 0.6) is 0 Å². The average molecular weight is 222 g/mol. The lowest BCUT2D eigenvalue weighted by Gasteiger charge is -2.19. The van der Waals surface area contributed by atoms with E-state index in [2.05, 4.69) is 18.9 Å². The highest BCUT2D eigenvalue weighted by Crippen LogP contribution is 2.30. The molecule has 0 saturated carbocycles. The number of aromatic nitrogens is 2. The minimum Gasteiger partial charge on any atom is -0.383 e. The quantitative estimate of drug-likeness (QED) is 0.767. The molecule has 1 aliphatic heterocycles. The summed E-state index contributed by atoms with van der Waals surface area (Å²) in [7, 11) is 1.74. The molecule has 0 bridgehead atoms. The predicted octanol–water partition coefficient (Wildman–Crippen LogP) is 0.874. The molecule has 0 aromatic carbocycles. The number of carbonyl (C=O) groups is 1. The number of carbonyl (C=O) groups excluding carboxylic acids is 1. The van der Waals surface area contributed by atoms with E-state index in [0.717, 1.165) is 19.5 Å². The van der Waals surface area contributed by atoms with E-state index in [9.17, 15) is 4.79 Å². The topological polar surface area (TPSA) is 64.2 Å². The molecule has 88 valence electrons. The number of rotatable bonds is 1. The zero-order chi connectivity index (χ0) is 11.9. The van der Waals surface area contributed by atoms with Gasteiger partial charge in [-0.15, -0.1) is 0 Å². The molecule has 1 aliphatic rings. The first-order valence-corrected chi connectivity index (χ1v) is 5.47. The van der Waals surface area contributed by atoms with Crippen molar-refractivity contribution in [2.75, 3.05) is 18.8 Å². The molecule has 1 amide bonds. The van der Waals surface area contributed by atoms with Gasteiger partial charge in [0.15, 0.2) is 0 Å². The normalized spacial score (nSPS) is 19.1. The van der Waals surface area contributed by atoms with Crippen molar-refractivity contribution in [3.8, 4) is 0 Å². The zero-order valence-corrected chi connectivity index (χ0v) is 10.0. The first kappa shape index (κ1) is 11.0. The monoisotopic (exact) mass is 222 g/mol. The molecule has 5 heteroatoms. The summed E-state index contributed by atoms with van der Waals surface area (Å²) in [6.45, 7) is 5.94. The van der Waals surface area contributed by atoms with Gasteiger partial charge < -0.3 is 10.6 Å². The molecule has 0 spiro atoms. The Labute approximate surface area is 95.2 Å². The maximum atomic E-state index is 12.2. The van der Waals surface area contributed by atoms with E-state index in [0.29, 0.717) is 11.4 Å². The van der Waals surface area contributed by atoms with E-state index in [1.807, 2.05) is 4.90 Å². The Morgan fingerprint density at radius 2 is 2.25 bits per heavy atom. The molecule has 1 aromatic rings. The number of nitrogens with zero attached hydrogens (tertiary/aromatic N) is 3. The molecule has 5 nitrogen and oxygen atoms in total. The molecule has 0 unspecified atom stereocenters. The Balaban J connectivity index is 2.18. The van der Waals surface area contributed by atoms with Crippen molar-refractivity contribution in [3.05, 3.63) is 11.8 Å². The number of anilines is 1. The Kier molecular flexibility index (Phi) is 2.40. The third kappa shape index (κ3) is 1.77. The lowest BCUT2D eigenvalue weighted by atomic mass is 9.93. The van der Waals surface area contributed by atoms with Gasteiger partial charge in [0.2, 0.25) is 0 Å². The van der Waals surface area contributed by atoms with Crippen LogP contribution in [0.3, 0.4) is 0 Å². The van der Waals surface area contributed by atoms with Crippen molar-refractivity contribution in [3.63, 3.8) is 0 Å². The third-order valence-electron chi connectivity index (χ3n) is 3.18. The molecule has 0 atom stereocenters. The van der Waals surface area contributed by atoms with Crippen molar-refractivity contribution < 1.29 is 4.79 Å². The van der Waals surface area contributed by atoms with Gasteiger partial charge in [-0.2, -0.15) is 5.10 Å². The summed E-state index contributed by atoms with van der Waals surface area (Å²) < 4.78 is 1.52. The summed E-state index contributed by atoms with van der Waals surface area (Å²) in [5, 5.41) is 3.99. The lowest BCUT2D eigenvalue weighted by Crippen LogP contribution is -2.30. The lowest BCUT2D eigenvalue weighted by molar-refractivity contribution is 0.0779. The summed E-state index contributed by atoms with van der Waals surface area (Å²) in [4.78, 5) is 14.0. The largest absolute Gasteiger partial charge is 0.383 e. The van der Waals surface area contributed by atoms with Gasteiger partial charge in [0.25, 0.3) is 5.91 Å². The van der Waals surface area contributed by atoms with Crippen LogP contribution in [0.4, 0.5) is 5.82 Å². The fourth-order valence-corrected chi connectivity index (χ4v) is 2.07. The first-order chi connectivity index (χ1) is 7.41. The summed E-state index contributed by atoms with van der Waals surface area (Å²) >= 11 is 0. The van der Waals surface area contributed by atoms with Gasteiger partial charge in [-0.3, -0.25) is 9.48 Å². The molecule has 16 heavy (non-hydrogen) atoms. The standard InChI is InChI=1S/C11H18N4O/c1-11(2)4-5-15(7-11)10(16)8-6-13-14(3)9(8)12/h6H,4-5,7,12H2,1-3H3. The number of aryl methyl sites for hydroxylation is 1. The fourth-order valence-electron chi connectivity index (χ4n) is 2.07. The second kappa shape index (κ2) is 3.50. The van der Waals surface area contributed by atoms with Gasteiger partial charge in [0, 0.05) is 20.1 Å². The van der Waals surface area contributed by atoms with Crippen LogP contribution in [-0.4, -0.2) is 33.7 Å². The smallest absolute Gasteiger partial charge is 0.259 e. The average Bonchev–Trinajstić information content (AvgIpc) is 2.71. The van der Waals surface area contributed by atoms with Crippen LogP contribution in [0.1, 0.15) is 30.6 Å². The Bertz CT molecular complexity index is 422. The second-order valence-electron chi connectivity index (χ2n) is 5.21. The van der Waals surface area contributed by atoms with Crippen LogP contribution in [0.25, 0.3) is 0 Å². The van der Waals surface area contributed by atoms with E-state index in [-0.39, 0.29) is 11.3 Å². The number of nitrogen functional groups attached to an aromatic ring is 1. The summed E-state index contributed by atoms with van der Waals surface area (Å²) in [6, 6.07) is 0. The SMILES string of the molecule is Cn1ncc(C(=O)N2CCC(C)(C)C2)c1N. The molecule has 2 rings (SSSR count). The van der Waals surface area contributed by atoms with Gasteiger partial charge >= 0.3 is 0 Å². The molecule has 2 N–H and O–H groups in total. The minimum absolute atomic E-state index is 0.00354. The fraction of sp³-hybridized carbons (Fsp3) is 0.636. The van der Waals surface area contributed by atoms with Crippen LogP contribution in [0.15, 0.2) is 6.20 Å². The number of amides is 1. The molecule has 1 aromatic heterocycles. The van der Waals surface area contributed by atoms with Gasteiger partial charge in [-0.05, 0) is 11.8 Å². The van der Waals surface area contributed by atoms with E-state index in [1.165, 1.54) is 4.68 Å². The van der Waals surface area contributed by atoms with Crippen LogP contribution in [-0.2, 0) is 7.05 Å². The maximum absolute atomic E-state index is 12.2. The Morgan fingerprint density at radius 3 is 2.69 bits per heavy atom. The molecule has 0 aliphatic carbocycles. The van der Waals surface area contributed by atoms with Crippen molar-refractivity contribution in [2.24, 2.45) is 12.5 Å². The highest BCUT2D eigenvalue weighted by atomic mass is 16.2. The van der Waals surface area contributed by atoms with Gasteiger partial charge in [0.1, 0.15) is 11.4 Å². The van der Waals surface area contributed by atoms with Gasteiger partial charge in [-0.25, -0.2) is 0 Å². The Hall–Kier alpha value is -1.52. The van der Waals surface area contributed by atoms with Crippen molar-refractivity contribution in [2.45, 2.75) is 20.3 Å². The van der Waals surface area contributed by atoms with E-state index in [4.69, 9.17) is 5.73 Å². The second-order valence-corrected chi connectivity index (χ2v) is 5.21. The van der Waals surface area contributed by atoms with Crippen LogP contribution in [0.2, 0.25) is 0 Å². The van der Waals surface area contributed by atoms with E-state index < -0.39 is 0 Å². The highest BCUT2D eigenvalue weighted by Gasteiger charge is 2.33. The molecule has 1 fully saturated rings. The van der Waals surface area contributed by atoms with Crippen molar-refractivity contribution >= 4 is 11.7 Å². The first-order valence-electron chi connectivity index (χ1n) is 5.47. The molecule has 0 radical (unpaired) electrons. The molecular formula is C11H18N4O. The predicted molar refractivity (Wildman–Crippen MR) is 61.9 cm³/mol. The Morgan fingerprint density at radius 1 is 1.56 bits per heavy atom. The maximum Gasteiger partial charge on any atom is 0.259 e. The summed E-state index contributed by atoms with van der Waals surface area (Å²) in [5.41, 5.74) is 6.52. The van der Waals surface area contributed by atoms with Crippen molar-refractivity contribution in [1.82, 2.24) is 14.7 Å². The van der Waals surface area contributed by atoms with Crippen molar-refractivity contribution in [1.29, 1.82) is 0 Å². The number of hydrogen-bond donors (Lipinski definition) is 1. The van der Waals surface area contributed by atoms with Gasteiger partial charge in [0.05, 0.1) is 6.20 Å². The molecule has 2 heterocycles. The molecule has 1 saturated heterocycles. The zero-order valence-electron chi connectivity index (χ0n) is 10.0. The van der Waals surface area contributed by atoms with Crippen LogP contribution < -0.4 is 5.73 Å². The van der Waals surface area contributed by atoms with Crippen LogP contribution in [0, 0.1) is 5.41 Å². The van der Waals surface area contributed by atoms with E-state index in [1.54, 1.807) is 13.2 Å². The minimum atomic E-state index is -0.00354. The third-order valence-corrected chi connectivity index (χ3v) is 3.18. The van der Waals surface area contributed by atoms with Crippen LogP contribution >= 0.6 is 0 Å². The summed E-state index contributed by atoms with van der Waals surface area (Å²) in [6.07, 6.45) is 2.59. The molecular weight excluding hydrogens is 204 g/mol.